The van der Waals surface area contributed by atoms with E-state index in [2.05, 4.69) is 5.32 Å². The van der Waals surface area contributed by atoms with Gasteiger partial charge in [-0.1, -0.05) is 0 Å². The molecular formula is C12H16FN3O3. The van der Waals surface area contributed by atoms with E-state index in [1.807, 2.05) is 4.90 Å². The molecule has 0 bridgehead atoms. The fourth-order valence-electron chi connectivity index (χ4n) is 2.30. The van der Waals surface area contributed by atoms with Gasteiger partial charge in [-0.3, -0.25) is 15.0 Å². The molecule has 19 heavy (non-hydrogen) atoms. The van der Waals surface area contributed by atoms with E-state index in [0.717, 1.165) is 25.2 Å². The van der Waals surface area contributed by atoms with Crippen LogP contribution in [0.4, 0.5) is 10.1 Å². The maximum absolute atomic E-state index is 13.8. The number of halogens is 1. The average Bonchev–Trinajstić information content (AvgIpc) is 2.42. The molecule has 0 aromatic heterocycles. The van der Waals surface area contributed by atoms with Crippen molar-refractivity contribution in [3.8, 4) is 0 Å². The molecule has 0 saturated carbocycles. The molecule has 1 aliphatic rings. The second-order valence-electron chi connectivity index (χ2n) is 4.45. The minimum absolute atomic E-state index is 0.162. The Labute approximate surface area is 110 Å². The zero-order chi connectivity index (χ0) is 13.8. The van der Waals surface area contributed by atoms with Crippen molar-refractivity contribution in [1.82, 2.24) is 10.2 Å². The first kappa shape index (κ1) is 13.9. The van der Waals surface area contributed by atoms with E-state index in [1.54, 1.807) is 0 Å². The Bertz CT molecular complexity index is 464. The largest absolute Gasteiger partial charge is 0.394 e. The van der Waals surface area contributed by atoms with Gasteiger partial charge < -0.3 is 10.4 Å². The van der Waals surface area contributed by atoms with Crippen LogP contribution in [0.15, 0.2) is 18.2 Å². The lowest BCUT2D eigenvalue weighted by atomic mass is 10.0. The Hall–Kier alpha value is -1.57. The molecule has 1 aliphatic heterocycles. The number of hydrogen-bond acceptors (Lipinski definition) is 5. The number of aliphatic hydroxyl groups excluding tert-OH is 1. The summed E-state index contributed by atoms with van der Waals surface area (Å²) in [5, 5.41) is 23.4. The minimum Gasteiger partial charge on any atom is -0.394 e. The van der Waals surface area contributed by atoms with Crippen LogP contribution >= 0.6 is 0 Å². The Morgan fingerprint density at radius 3 is 2.74 bits per heavy atom. The Morgan fingerprint density at radius 1 is 1.47 bits per heavy atom. The molecule has 1 aromatic rings. The van der Waals surface area contributed by atoms with E-state index >= 15 is 0 Å². The zero-order valence-corrected chi connectivity index (χ0v) is 10.4. The SMILES string of the molecule is O=[N+]([O-])c1ccc(F)c([C@@H](CO)N2CCNCC2)c1. The Morgan fingerprint density at radius 2 is 2.16 bits per heavy atom. The van der Waals surface area contributed by atoms with E-state index in [-0.39, 0.29) is 17.9 Å². The van der Waals surface area contributed by atoms with Crippen LogP contribution in [-0.4, -0.2) is 47.7 Å². The minimum atomic E-state index is -0.560. The number of nitro groups is 1. The van der Waals surface area contributed by atoms with Gasteiger partial charge in [0.05, 0.1) is 17.6 Å². The number of aliphatic hydroxyl groups is 1. The number of hydrogen-bond donors (Lipinski definition) is 2. The molecule has 0 spiro atoms. The lowest BCUT2D eigenvalue weighted by Crippen LogP contribution is -2.46. The fourth-order valence-corrected chi connectivity index (χ4v) is 2.30. The lowest BCUT2D eigenvalue weighted by molar-refractivity contribution is -0.385. The van der Waals surface area contributed by atoms with Crippen LogP contribution < -0.4 is 5.32 Å². The molecule has 2 N–H and O–H groups in total. The van der Waals surface area contributed by atoms with Crippen molar-refractivity contribution in [1.29, 1.82) is 0 Å². The summed E-state index contributed by atoms with van der Waals surface area (Å²) in [6.07, 6.45) is 0. The van der Waals surface area contributed by atoms with Crippen molar-refractivity contribution in [3.05, 3.63) is 39.7 Å². The van der Waals surface area contributed by atoms with Crippen LogP contribution in [0.25, 0.3) is 0 Å². The molecule has 0 aliphatic carbocycles. The highest BCUT2D eigenvalue weighted by atomic mass is 19.1. The average molecular weight is 269 g/mol. The van der Waals surface area contributed by atoms with Crippen molar-refractivity contribution in [2.75, 3.05) is 32.8 Å². The third-order valence-corrected chi connectivity index (χ3v) is 3.31. The van der Waals surface area contributed by atoms with Crippen molar-refractivity contribution in [2.24, 2.45) is 0 Å². The predicted molar refractivity (Wildman–Crippen MR) is 67.3 cm³/mol. The molecule has 2 rings (SSSR count). The van der Waals surface area contributed by atoms with Crippen molar-refractivity contribution in [2.45, 2.75) is 6.04 Å². The Kier molecular flexibility index (Phi) is 4.41. The van der Waals surface area contributed by atoms with Gasteiger partial charge in [-0.15, -0.1) is 0 Å². The number of rotatable bonds is 4. The summed E-state index contributed by atoms with van der Waals surface area (Å²) in [6.45, 7) is 2.60. The Balaban J connectivity index is 2.30. The van der Waals surface area contributed by atoms with Crippen LogP contribution in [0.5, 0.6) is 0 Å². The van der Waals surface area contributed by atoms with Crippen molar-refractivity contribution in [3.63, 3.8) is 0 Å². The summed E-state index contributed by atoms with van der Waals surface area (Å²) in [6, 6.07) is 2.88. The molecule has 1 fully saturated rings. The summed E-state index contributed by atoms with van der Waals surface area (Å²) in [5.41, 5.74) is 0.0172. The second-order valence-corrected chi connectivity index (χ2v) is 4.45. The highest BCUT2D eigenvalue weighted by Gasteiger charge is 2.25. The van der Waals surface area contributed by atoms with Gasteiger partial charge >= 0.3 is 0 Å². The topological polar surface area (TPSA) is 78.6 Å². The summed E-state index contributed by atoms with van der Waals surface area (Å²) in [4.78, 5) is 12.1. The van der Waals surface area contributed by atoms with Crippen molar-refractivity contribution < 1.29 is 14.4 Å². The lowest BCUT2D eigenvalue weighted by Gasteiger charge is -2.34. The molecule has 6 nitrogen and oxygen atoms in total. The molecule has 1 saturated heterocycles. The summed E-state index contributed by atoms with van der Waals surface area (Å²) in [7, 11) is 0. The quantitative estimate of drug-likeness (QED) is 0.620. The zero-order valence-electron chi connectivity index (χ0n) is 10.4. The summed E-state index contributed by atoms with van der Waals surface area (Å²) in [5.74, 6) is -0.525. The van der Waals surface area contributed by atoms with Gasteiger partial charge in [0.15, 0.2) is 0 Å². The maximum atomic E-state index is 13.8. The van der Waals surface area contributed by atoms with E-state index < -0.39 is 16.8 Å². The summed E-state index contributed by atoms with van der Waals surface area (Å²) >= 11 is 0. The highest BCUT2D eigenvalue weighted by molar-refractivity contribution is 5.37. The number of nitrogens with one attached hydrogen (secondary N) is 1. The van der Waals surface area contributed by atoms with E-state index in [4.69, 9.17) is 0 Å². The molecule has 104 valence electrons. The van der Waals surface area contributed by atoms with E-state index in [0.29, 0.717) is 13.1 Å². The predicted octanol–water partition coefficient (Wildman–Crippen LogP) is 0.673. The van der Waals surface area contributed by atoms with Crippen LogP contribution in [0, 0.1) is 15.9 Å². The first-order valence-electron chi connectivity index (χ1n) is 6.13. The molecular weight excluding hydrogens is 253 g/mol. The number of benzene rings is 1. The van der Waals surface area contributed by atoms with Gasteiger partial charge in [-0.25, -0.2) is 4.39 Å². The van der Waals surface area contributed by atoms with E-state index in [1.165, 1.54) is 6.07 Å². The van der Waals surface area contributed by atoms with Crippen molar-refractivity contribution >= 4 is 5.69 Å². The fraction of sp³-hybridized carbons (Fsp3) is 0.500. The number of piperazine rings is 1. The molecule has 1 atom stereocenters. The van der Waals surface area contributed by atoms with E-state index in [9.17, 15) is 19.6 Å². The van der Waals surface area contributed by atoms with Crippen LogP contribution in [0.2, 0.25) is 0 Å². The normalized spacial score (nSPS) is 18.2. The van der Waals surface area contributed by atoms with Gasteiger partial charge in [0.25, 0.3) is 5.69 Å². The molecule has 0 unspecified atom stereocenters. The number of non-ortho nitro benzene ring substituents is 1. The third-order valence-electron chi connectivity index (χ3n) is 3.31. The number of nitro benzene ring substituents is 1. The first-order valence-corrected chi connectivity index (χ1v) is 6.13. The third kappa shape index (κ3) is 3.06. The number of nitrogens with zero attached hydrogens (tertiary/aromatic N) is 2. The maximum Gasteiger partial charge on any atom is 0.269 e. The van der Waals surface area contributed by atoms with Gasteiger partial charge in [0, 0.05) is 43.9 Å². The van der Waals surface area contributed by atoms with Crippen LogP contribution in [0.1, 0.15) is 11.6 Å². The first-order chi connectivity index (χ1) is 9.13. The standard InChI is InChI=1S/C12H16FN3O3/c13-11-2-1-9(16(18)19)7-10(11)12(8-17)15-5-3-14-4-6-15/h1-2,7,12,14,17H,3-6,8H2/t12-/m1/s1. The molecule has 1 heterocycles. The molecule has 0 radical (unpaired) electrons. The molecule has 7 heteroatoms. The van der Waals surface area contributed by atoms with Gasteiger partial charge in [0.1, 0.15) is 5.82 Å². The summed E-state index contributed by atoms with van der Waals surface area (Å²) < 4.78 is 13.8. The van der Waals surface area contributed by atoms with Crippen LogP contribution in [0.3, 0.4) is 0 Å². The molecule has 1 aromatic carbocycles. The second kappa shape index (κ2) is 6.05. The smallest absolute Gasteiger partial charge is 0.269 e. The van der Waals surface area contributed by atoms with Gasteiger partial charge in [-0.2, -0.15) is 0 Å². The van der Waals surface area contributed by atoms with Gasteiger partial charge in [0.2, 0.25) is 0 Å². The molecule has 0 amide bonds. The van der Waals surface area contributed by atoms with Gasteiger partial charge in [-0.05, 0) is 6.07 Å². The highest BCUT2D eigenvalue weighted by Crippen LogP contribution is 2.27. The monoisotopic (exact) mass is 269 g/mol. The van der Waals surface area contributed by atoms with Crippen LogP contribution in [-0.2, 0) is 0 Å².